The molecule has 0 radical (unpaired) electrons. The van der Waals surface area contributed by atoms with Gasteiger partial charge in [0.05, 0.1) is 18.5 Å². The highest BCUT2D eigenvalue weighted by Gasteiger charge is 1.95. The van der Waals surface area contributed by atoms with E-state index >= 15 is 0 Å². The molecule has 3 nitrogen and oxygen atoms in total. The summed E-state index contributed by atoms with van der Waals surface area (Å²) in [6.45, 7) is 1.57. The van der Waals surface area contributed by atoms with E-state index in [9.17, 15) is 0 Å². The maximum absolute atomic E-state index is 5.60. The first kappa shape index (κ1) is 12.9. The van der Waals surface area contributed by atoms with Crippen molar-refractivity contribution in [1.29, 1.82) is 0 Å². The topological polar surface area (TPSA) is 34.2 Å². The van der Waals surface area contributed by atoms with Gasteiger partial charge in [-0.1, -0.05) is 18.2 Å². The molecule has 0 atom stereocenters. The fourth-order valence-corrected chi connectivity index (χ4v) is 1.89. The first-order valence-corrected chi connectivity index (χ1v) is 6.66. The molecule has 94 valence electrons. The molecule has 0 unspecified atom stereocenters. The maximum Gasteiger partial charge on any atom is 0.119 e. The fraction of sp³-hybridized carbons (Fsp3) is 0.214. The molecule has 0 aliphatic heterocycles. The van der Waals surface area contributed by atoms with Crippen molar-refractivity contribution < 1.29 is 4.74 Å². The van der Waals surface area contributed by atoms with Gasteiger partial charge in [0, 0.05) is 17.2 Å². The van der Waals surface area contributed by atoms with Crippen LogP contribution < -0.4 is 10.1 Å². The minimum Gasteiger partial charge on any atom is -0.494 e. The molecule has 18 heavy (non-hydrogen) atoms. The molecule has 0 amide bonds. The third-order valence-corrected chi connectivity index (χ3v) is 2.80. The number of para-hydroxylation sites is 1. The summed E-state index contributed by atoms with van der Waals surface area (Å²) in [7, 11) is 0. The van der Waals surface area contributed by atoms with E-state index in [-0.39, 0.29) is 0 Å². The zero-order chi connectivity index (χ0) is 12.6. The molecular formula is C14H15BrN2O. The van der Waals surface area contributed by atoms with Gasteiger partial charge in [-0.15, -0.1) is 0 Å². The maximum atomic E-state index is 5.60. The van der Waals surface area contributed by atoms with E-state index in [1.807, 2.05) is 42.6 Å². The van der Waals surface area contributed by atoms with Gasteiger partial charge in [0.25, 0.3) is 0 Å². The summed E-state index contributed by atoms with van der Waals surface area (Å²) in [5.41, 5.74) is 1.02. The molecule has 0 fully saturated rings. The second-order valence-electron chi connectivity index (χ2n) is 3.83. The van der Waals surface area contributed by atoms with Crippen LogP contribution in [0.1, 0.15) is 6.42 Å². The number of rotatable bonds is 6. The average molecular weight is 307 g/mol. The predicted molar refractivity (Wildman–Crippen MR) is 77.0 cm³/mol. The summed E-state index contributed by atoms with van der Waals surface area (Å²) >= 11 is 3.39. The van der Waals surface area contributed by atoms with Crippen LogP contribution >= 0.6 is 15.9 Å². The number of hydrogen-bond donors (Lipinski definition) is 1. The van der Waals surface area contributed by atoms with Crippen molar-refractivity contribution in [3.05, 3.63) is 53.3 Å². The average Bonchev–Trinajstić information content (AvgIpc) is 2.40. The molecule has 1 heterocycles. The van der Waals surface area contributed by atoms with Crippen LogP contribution in [-0.2, 0) is 0 Å². The number of benzene rings is 1. The van der Waals surface area contributed by atoms with Crippen molar-refractivity contribution in [3.63, 3.8) is 0 Å². The third-order valence-electron chi connectivity index (χ3n) is 2.37. The molecule has 2 rings (SSSR count). The Morgan fingerprint density at radius 1 is 1.17 bits per heavy atom. The lowest BCUT2D eigenvalue weighted by Crippen LogP contribution is -2.07. The summed E-state index contributed by atoms with van der Waals surface area (Å²) < 4.78 is 6.58. The highest BCUT2D eigenvalue weighted by molar-refractivity contribution is 9.10. The second-order valence-corrected chi connectivity index (χ2v) is 4.75. The molecule has 0 bridgehead atoms. The Morgan fingerprint density at radius 3 is 2.78 bits per heavy atom. The van der Waals surface area contributed by atoms with Crippen LogP contribution in [0.3, 0.4) is 0 Å². The Bertz CT molecular complexity index is 476. The van der Waals surface area contributed by atoms with Crippen LogP contribution in [0.15, 0.2) is 53.3 Å². The molecule has 1 aromatic heterocycles. The van der Waals surface area contributed by atoms with E-state index in [1.54, 1.807) is 6.20 Å². The Morgan fingerprint density at radius 2 is 2.00 bits per heavy atom. The van der Waals surface area contributed by atoms with Gasteiger partial charge in [-0.2, -0.15) is 0 Å². The number of aromatic nitrogens is 1. The molecule has 1 aromatic carbocycles. The van der Waals surface area contributed by atoms with E-state index in [0.29, 0.717) is 6.61 Å². The van der Waals surface area contributed by atoms with Gasteiger partial charge in [-0.3, -0.25) is 4.98 Å². The summed E-state index contributed by atoms with van der Waals surface area (Å²) in [6.07, 6.45) is 4.52. The van der Waals surface area contributed by atoms with Gasteiger partial charge in [0.1, 0.15) is 5.75 Å². The van der Waals surface area contributed by atoms with Crippen molar-refractivity contribution in [3.8, 4) is 5.75 Å². The van der Waals surface area contributed by atoms with Crippen molar-refractivity contribution in [1.82, 2.24) is 4.98 Å². The van der Waals surface area contributed by atoms with Gasteiger partial charge in [0.15, 0.2) is 0 Å². The molecule has 2 aromatic rings. The van der Waals surface area contributed by atoms with Crippen molar-refractivity contribution in [2.24, 2.45) is 0 Å². The third kappa shape index (κ3) is 4.37. The number of halogens is 1. The summed E-state index contributed by atoms with van der Waals surface area (Å²) in [5, 5.41) is 3.30. The van der Waals surface area contributed by atoms with Crippen LogP contribution in [0.5, 0.6) is 5.75 Å². The lowest BCUT2D eigenvalue weighted by Gasteiger charge is -2.08. The number of ether oxygens (including phenoxy) is 1. The highest BCUT2D eigenvalue weighted by atomic mass is 79.9. The Balaban J connectivity index is 1.65. The van der Waals surface area contributed by atoms with E-state index < -0.39 is 0 Å². The van der Waals surface area contributed by atoms with Crippen molar-refractivity contribution >= 4 is 21.6 Å². The monoisotopic (exact) mass is 306 g/mol. The first-order valence-electron chi connectivity index (χ1n) is 5.87. The zero-order valence-corrected chi connectivity index (χ0v) is 11.6. The Kier molecular flexibility index (Phi) is 5.02. The Hall–Kier alpha value is -1.55. The summed E-state index contributed by atoms with van der Waals surface area (Å²) in [5.74, 6) is 0.918. The smallest absolute Gasteiger partial charge is 0.119 e. The highest BCUT2D eigenvalue weighted by Crippen LogP contribution is 2.13. The van der Waals surface area contributed by atoms with Crippen LogP contribution in [0.2, 0.25) is 0 Å². The van der Waals surface area contributed by atoms with Gasteiger partial charge >= 0.3 is 0 Å². The van der Waals surface area contributed by atoms with Gasteiger partial charge in [0.2, 0.25) is 0 Å². The number of hydrogen-bond acceptors (Lipinski definition) is 3. The van der Waals surface area contributed by atoms with Crippen LogP contribution in [0.4, 0.5) is 5.69 Å². The minimum absolute atomic E-state index is 0.707. The normalized spacial score (nSPS) is 10.1. The number of anilines is 1. The fourth-order valence-electron chi connectivity index (χ4n) is 1.52. The predicted octanol–water partition coefficient (Wildman–Crippen LogP) is 3.73. The number of nitrogens with zero attached hydrogens (tertiary/aromatic N) is 1. The van der Waals surface area contributed by atoms with Crippen molar-refractivity contribution in [2.75, 3.05) is 18.5 Å². The van der Waals surface area contributed by atoms with Crippen LogP contribution in [0.25, 0.3) is 0 Å². The van der Waals surface area contributed by atoms with Gasteiger partial charge in [-0.25, -0.2) is 0 Å². The molecule has 0 aliphatic carbocycles. The van der Waals surface area contributed by atoms with E-state index in [4.69, 9.17) is 4.74 Å². The van der Waals surface area contributed by atoms with Gasteiger partial charge in [-0.05, 0) is 40.5 Å². The number of pyridine rings is 1. The molecule has 0 spiro atoms. The SMILES string of the molecule is Brc1cncc(NCCCOc2ccccc2)c1. The second kappa shape index (κ2) is 7.01. The summed E-state index contributed by atoms with van der Waals surface area (Å²) in [6, 6.07) is 11.9. The van der Waals surface area contributed by atoms with Crippen LogP contribution in [-0.4, -0.2) is 18.1 Å². The zero-order valence-electron chi connectivity index (χ0n) is 9.97. The Labute approximate surface area is 115 Å². The number of nitrogens with one attached hydrogen (secondary N) is 1. The molecule has 0 aliphatic rings. The molecule has 4 heteroatoms. The van der Waals surface area contributed by atoms with Crippen molar-refractivity contribution in [2.45, 2.75) is 6.42 Å². The lowest BCUT2D eigenvalue weighted by atomic mass is 10.3. The van der Waals surface area contributed by atoms with E-state index in [1.165, 1.54) is 0 Å². The molecule has 1 N–H and O–H groups in total. The first-order chi connectivity index (χ1) is 8.84. The molecule has 0 saturated heterocycles. The minimum atomic E-state index is 0.707. The quantitative estimate of drug-likeness (QED) is 0.826. The van der Waals surface area contributed by atoms with E-state index in [0.717, 1.165) is 28.9 Å². The molecular weight excluding hydrogens is 292 g/mol. The standard InChI is InChI=1S/C14H15BrN2O/c15-12-9-13(11-16-10-12)17-7-4-8-18-14-5-2-1-3-6-14/h1-3,5-6,9-11,17H,4,7-8H2. The van der Waals surface area contributed by atoms with Crippen LogP contribution in [0, 0.1) is 0 Å². The largest absolute Gasteiger partial charge is 0.494 e. The van der Waals surface area contributed by atoms with Gasteiger partial charge < -0.3 is 10.1 Å². The van der Waals surface area contributed by atoms with E-state index in [2.05, 4.69) is 26.2 Å². The lowest BCUT2D eigenvalue weighted by molar-refractivity contribution is 0.315. The summed E-state index contributed by atoms with van der Waals surface area (Å²) in [4.78, 5) is 4.09. The molecule has 0 saturated carbocycles.